The van der Waals surface area contributed by atoms with Crippen molar-refractivity contribution in [1.29, 1.82) is 0 Å². The minimum absolute atomic E-state index is 0.0100. The summed E-state index contributed by atoms with van der Waals surface area (Å²) >= 11 is 0. The van der Waals surface area contributed by atoms with Crippen LogP contribution in [0.3, 0.4) is 0 Å². The van der Waals surface area contributed by atoms with Crippen LogP contribution in [-0.2, 0) is 10.0 Å². The monoisotopic (exact) mass is 361 g/mol. The number of hydrogen-bond donors (Lipinski definition) is 1. The van der Waals surface area contributed by atoms with Crippen LogP contribution in [0.1, 0.15) is 28.6 Å². The SMILES string of the molecule is CC(=O)c1c(C)oc2ccc(NS(=O)(=O)c3ccc(F)cc3C)cc12. The molecule has 0 aliphatic heterocycles. The van der Waals surface area contributed by atoms with Crippen LogP contribution in [-0.4, -0.2) is 14.2 Å². The van der Waals surface area contributed by atoms with Crippen LogP contribution in [0.5, 0.6) is 0 Å². The molecule has 0 atom stereocenters. The van der Waals surface area contributed by atoms with E-state index >= 15 is 0 Å². The van der Waals surface area contributed by atoms with Gasteiger partial charge in [0.05, 0.1) is 10.5 Å². The van der Waals surface area contributed by atoms with E-state index in [9.17, 15) is 17.6 Å². The molecule has 130 valence electrons. The Morgan fingerprint density at radius 2 is 1.84 bits per heavy atom. The summed E-state index contributed by atoms with van der Waals surface area (Å²) in [4.78, 5) is 11.8. The Labute approximate surface area is 144 Å². The van der Waals surface area contributed by atoms with E-state index < -0.39 is 15.8 Å². The zero-order valence-corrected chi connectivity index (χ0v) is 14.7. The summed E-state index contributed by atoms with van der Waals surface area (Å²) in [6.45, 7) is 4.63. The molecule has 0 fully saturated rings. The molecule has 0 bridgehead atoms. The van der Waals surface area contributed by atoms with E-state index in [0.29, 0.717) is 33.5 Å². The van der Waals surface area contributed by atoms with Gasteiger partial charge in [0, 0.05) is 11.1 Å². The van der Waals surface area contributed by atoms with Crippen LogP contribution in [0, 0.1) is 19.7 Å². The molecule has 3 aromatic rings. The predicted octanol–water partition coefficient (Wildman–Crippen LogP) is 4.19. The number of anilines is 1. The van der Waals surface area contributed by atoms with Crippen molar-refractivity contribution in [3.8, 4) is 0 Å². The van der Waals surface area contributed by atoms with Gasteiger partial charge in [-0.05, 0) is 62.7 Å². The fraction of sp³-hybridized carbons (Fsp3) is 0.167. The molecular formula is C18H16FNO4S. The number of rotatable bonds is 4. The standard InChI is InChI=1S/C18H16FNO4S/c1-10-8-13(19)4-7-17(10)25(22,23)20-14-5-6-16-15(9-14)18(11(2)21)12(3)24-16/h4-9,20H,1-3H3. The third kappa shape index (κ3) is 3.15. The Kier molecular flexibility index (Phi) is 4.12. The number of hydrogen-bond acceptors (Lipinski definition) is 4. The molecule has 5 nitrogen and oxygen atoms in total. The molecule has 2 aromatic carbocycles. The molecular weight excluding hydrogens is 345 g/mol. The van der Waals surface area contributed by atoms with Gasteiger partial charge in [-0.2, -0.15) is 0 Å². The van der Waals surface area contributed by atoms with Crippen molar-refractivity contribution in [2.45, 2.75) is 25.7 Å². The first-order chi connectivity index (χ1) is 11.7. The molecule has 0 spiro atoms. The van der Waals surface area contributed by atoms with Crippen LogP contribution < -0.4 is 4.72 Å². The van der Waals surface area contributed by atoms with E-state index in [4.69, 9.17) is 4.42 Å². The number of Topliss-reactive ketones (excluding diaryl/α,β-unsaturated/α-hetero) is 1. The molecule has 7 heteroatoms. The van der Waals surface area contributed by atoms with Crippen LogP contribution in [0.15, 0.2) is 45.7 Å². The molecule has 0 aliphatic carbocycles. The molecule has 3 rings (SSSR count). The lowest BCUT2D eigenvalue weighted by Gasteiger charge is -2.10. The van der Waals surface area contributed by atoms with E-state index in [1.165, 1.54) is 19.9 Å². The number of nitrogens with one attached hydrogen (secondary N) is 1. The summed E-state index contributed by atoms with van der Waals surface area (Å²) in [6.07, 6.45) is 0. The van der Waals surface area contributed by atoms with Crippen LogP contribution >= 0.6 is 0 Å². The van der Waals surface area contributed by atoms with E-state index in [2.05, 4.69) is 4.72 Å². The van der Waals surface area contributed by atoms with Crippen molar-refractivity contribution in [1.82, 2.24) is 0 Å². The Morgan fingerprint density at radius 3 is 2.48 bits per heavy atom. The highest BCUT2D eigenvalue weighted by Crippen LogP contribution is 2.29. The second-order valence-corrected chi connectivity index (χ2v) is 7.47. The van der Waals surface area contributed by atoms with Gasteiger partial charge in [0.1, 0.15) is 17.2 Å². The normalized spacial score (nSPS) is 11.7. The van der Waals surface area contributed by atoms with Gasteiger partial charge in [-0.1, -0.05) is 0 Å². The van der Waals surface area contributed by atoms with Crippen molar-refractivity contribution >= 4 is 32.5 Å². The van der Waals surface area contributed by atoms with Crippen LogP contribution in [0.2, 0.25) is 0 Å². The van der Waals surface area contributed by atoms with E-state index in [1.54, 1.807) is 25.1 Å². The van der Waals surface area contributed by atoms with Gasteiger partial charge in [-0.3, -0.25) is 9.52 Å². The first-order valence-electron chi connectivity index (χ1n) is 7.52. The minimum Gasteiger partial charge on any atom is -0.461 e. The summed E-state index contributed by atoms with van der Waals surface area (Å²) in [6, 6.07) is 8.17. The average Bonchev–Trinajstić information content (AvgIpc) is 2.81. The van der Waals surface area contributed by atoms with Crippen molar-refractivity contribution in [2.24, 2.45) is 0 Å². The fourth-order valence-corrected chi connectivity index (χ4v) is 4.12. The summed E-state index contributed by atoms with van der Waals surface area (Å²) in [5, 5.41) is 0.543. The summed E-state index contributed by atoms with van der Waals surface area (Å²) in [5.74, 6) is -0.180. The number of benzene rings is 2. The number of sulfonamides is 1. The number of furan rings is 1. The molecule has 0 saturated heterocycles. The predicted molar refractivity (Wildman–Crippen MR) is 92.9 cm³/mol. The fourth-order valence-electron chi connectivity index (χ4n) is 2.85. The zero-order chi connectivity index (χ0) is 18.4. The molecule has 1 heterocycles. The first kappa shape index (κ1) is 17.2. The summed E-state index contributed by atoms with van der Waals surface area (Å²) in [5.41, 5.74) is 1.52. The van der Waals surface area contributed by atoms with E-state index in [0.717, 1.165) is 12.1 Å². The zero-order valence-electron chi connectivity index (χ0n) is 13.9. The average molecular weight is 361 g/mol. The molecule has 0 aliphatic rings. The molecule has 1 N–H and O–H groups in total. The Bertz CT molecular complexity index is 1100. The number of ketones is 1. The highest BCUT2D eigenvalue weighted by Gasteiger charge is 2.19. The summed E-state index contributed by atoms with van der Waals surface area (Å²) < 4.78 is 46.3. The van der Waals surface area contributed by atoms with Gasteiger partial charge < -0.3 is 4.42 Å². The smallest absolute Gasteiger partial charge is 0.262 e. The van der Waals surface area contributed by atoms with Crippen molar-refractivity contribution in [2.75, 3.05) is 4.72 Å². The minimum atomic E-state index is -3.89. The maximum absolute atomic E-state index is 13.2. The maximum atomic E-state index is 13.2. The highest BCUT2D eigenvalue weighted by molar-refractivity contribution is 7.92. The Morgan fingerprint density at radius 1 is 1.12 bits per heavy atom. The Balaban J connectivity index is 2.05. The van der Waals surface area contributed by atoms with Gasteiger partial charge in [0.25, 0.3) is 10.0 Å². The quantitative estimate of drug-likeness (QED) is 0.707. The number of carbonyl (C=O) groups excluding carboxylic acids is 1. The number of aryl methyl sites for hydroxylation is 2. The number of halogens is 1. The first-order valence-corrected chi connectivity index (χ1v) is 9.00. The molecule has 0 radical (unpaired) electrons. The third-order valence-corrected chi connectivity index (χ3v) is 5.44. The lowest BCUT2D eigenvalue weighted by atomic mass is 10.1. The van der Waals surface area contributed by atoms with Gasteiger partial charge in [-0.15, -0.1) is 0 Å². The van der Waals surface area contributed by atoms with Crippen molar-refractivity contribution in [3.05, 3.63) is 59.1 Å². The Hall–Kier alpha value is -2.67. The number of fused-ring (bicyclic) bond motifs is 1. The molecule has 0 amide bonds. The molecule has 1 aromatic heterocycles. The second kappa shape index (κ2) is 6.00. The van der Waals surface area contributed by atoms with Crippen LogP contribution in [0.4, 0.5) is 10.1 Å². The topological polar surface area (TPSA) is 76.4 Å². The highest BCUT2D eigenvalue weighted by atomic mass is 32.2. The van der Waals surface area contributed by atoms with E-state index in [1.807, 2.05) is 0 Å². The lowest BCUT2D eigenvalue weighted by molar-refractivity contribution is 0.101. The lowest BCUT2D eigenvalue weighted by Crippen LogP contribution is -2.14. The largest absolute Gasteiger partial charge is 0.461 e. The number of carbonyl (C=O) groups is 1. The van der Waals surface area contributed by atoms with Gasteiger partial charge in [-0.25, -0.2) is 12.8 Å². The third-order valence-electron chi connectivity index (χ3n) is 3.89. The van der Waals surface area contributed by atoms with Gasteiger partial charge in [0.2, 0.25) is 0 Å². The van der Waals surface area contributed by atoms with Crippen molar-refractivity contribution < 1.29 is 22.0 Å². The van der Waals surface area contributed by atoms with E-state index in [-0.39, 0.29) is 10.7 Å². The summed E-state index contributed by atoms with van der Waals surface area (Å²) in [7, 11) is -3.89. The molecule has 25 heavy (non-hydrogen) atoms. The van der Waals surface area contributed by atoms with Gasteiger partial charge >= 0.3 is 0 Å². The van der Waals surface area contributed by atoms with Gasteiger partial charge in [0.15, 0.2) is 5.78 Å². The second-order valence-electron chi connectivity index (χ2n) is 5.82. The molecule has 0 saturated carbocycles. The maximum Gasteiger partial charge on any atom is 0.262 e. The van der Waals surface area contributed by atoms with Crippen molar-refractivity contribution in [3.63, 3.8) is 0 Å². The molecule has 0 unspecified atom stereocenters. The van der Waals surface area contributed by atoms with Crippen LogP contribution in [0.25, 0.3) is 11.0 Å².